The van der Waals surface area contributed by atoms with Gasteiger partial charge in [0, 0.05) is 17.8 Å². The third-order valence-corrected chi connectivity index (χ3v) is 6.36. The highest BCUT2D eigenvalue weighted by Gasteiger charge is 2.29. The van der Waals surface area contributed by atoms with Gasteiger partial charge in [0.05, 0.1) is 38.8 Å². The third kappa shape index (κ3) is 5.10. The molecule has 11 nitrogen and oxygen atoms in total. The maximum atomic E-state index is 13.2. The zero-order chi connectivity index (χ0) is 26.1. The number of hydrogen-bond donors (Lipinski definition) is 3. The second-order valence-corrected chi connectivity index (χ2v) is 8.99. The molecule has 2 heterocycles. The predicted octanol–water partition coefficient (Wildman–Crippen LogP) is 4.23. The van der Waals surface area contributed by atoms with Gasteiger partial charge in [0.15, 0.2) is 22.1 Å². The van der Waals surface area contributed by atoms with Crippen LogP contribution in [0.15, 0.2) is 45.8 Å². The Kier molecular flexibility index (Phi) is 6.58. The number of anilines is 3. The van der Waals surface area contributed by atoms with Gasteiger partial charge in [-0.3, -0.25) is 9.82 Å². The van der Waals surface area contributed by atoms with Crippen LogP contribution in [0.1, 0.15) is 5.69 Å². The van der Waals surface area contributed by atoms with Crippen LogP contribution >= 0.6 is 0 Å². The van der Waals surface area contributed by atoms with E-state index >= 15 is 0 Å². The molecule has 0 aliphatic rings. The van der Waals surface area contributed by atoms with Crippen LogP contribution in [0.2, 0.25) is 0 Å². The number of halogens is 3. The maximum absolute atomic E-state index is 13.2. The van der Waals surface area contributed by atoms with Gasteiger partial charge in [-0.25, -0.2) is 8.42 Å². The minimum absolute atomic E-state index is 0.0580. The first-order chi connectivity index (χ1) is 17.0. The van der Waals surface area contributed by atoms with Crippen molar-refractivity contribution in [2.24, 2.45) is 0 Å². The number of fused-ring (bicyclic) bond motifs is 1. The number of nitrogens with one attached hydrogen (secondary N) is 3. The van der Waals surface area contributed by atoms with Crippen molar-refractivity contribution in [1.29, 1.82) is 0 Å². The summed E-state index contributed by atoms with van der Waals surface area (Å²) >= 11 is 0. The van der Waals surface area contributed by atoms with Crippen molar-refractivity contribution < 1.29 is 40.3 Å². The number of rotatable bonds is 9. The van der Waals surface area contributed by atoms with E-state index in [0.717, 1.165) is 0 Å². The van der Waals surface area contributed by atoms with Gasteiger partial charge in [0.25, 0.3) is 10.0 Å². The lowest BCUT2D eigenvalue weighted by molar-refractivity contribution is -0.127. The van der Waals surface area contributed by atoms with Crippen LogP contribution in [0, 0.1) is 0 Å². The number of benzene rings is 2. The van der Waals surface area contributed by atoms with Crippen LogP contribution in [-0.2, 0) is 16.4 Å². The molecule has 4 aromatic rings. The number of hydrogen-bond acceptors (Lipinski definition) is 9. The van der Waals surface area contributed by atoms with Gasteiger partial charge in [-0.1, -0.05) is 11.2 Å². The Morgan fingerprint density at radius 1 is 1.03 bits per heavy atom. The first-order valence-electron chi connectivity index (χ1n) is 10.1. The molecule has 0 aliphatic heterocycles. The van der Waals surface area contributed by atoms with Gasteiger partial charge < -0.3 is 24.1 Å². The van der Waals surface area contributed by atoms with E-state index in [1.54, 1.807) is 6.07 Å². The highest BCUT2D eigenvalue weighted by Crippen LogP contribution is 2.38. The Labute approximate surface area is 202 Å². The van der Waals surface area contributed by atoms with Crippen molar-refractivity contribution in [1.82, 2.24) is 15.4 Å². The molecule has 0 fully saturated rings. The Morgan fingerprint density at radius 3 is 2.31 bits per heavy atom. The number of alkyl halides is 3. The molecule has 0 saturated carbocycles. The van der Waals surface area contributed by atoms with E-state index in [1.807, 2.05) is 0 Å². The van der Waals surface area contributed by atoms with Crippen molar-refractivity contribution in [2.75, 3.05) is 31.4 Å². The van der Waals surface area contributed by atoms with Crippen LogP contribution in [0.5, 0.6) is 17.2 Å². The Balaban J connectivity index is 1.66. The van der Waals surface area contributed by atoms with Crippen molar-refractivity contribution in [3.8, 4) is 17.2 Å². The summed E-state index contributed by atoms with van der Waals surface area (Å²) in [6.45, 7) is 0. The molecule has 0 radical (unpaired) electrons. The van der Waals surface area contributed by atoms with Crippen molar-refractivity contribution in [3.63, 3.8) is 0 Å². The van der Waals surface area contributed by atoms with Gasteiger partial charge in [-0.05, 0) is 18.2 Å². The Hall–Kier alpha value is -4.14. The number of sulfonamides is 1. The lowest BCUT2D eigenvalue weighted by Crippen LogP contribution is -2.15. The van der Waals surface area contributed by atoms with Crippen molar-refractivity contribution in [2.45, 2.75) is 17.5 Å². The summed E-state index contributed by atoms with van der Waals surface area (Å²) in [5.41, 5.74) is 0.328. The molecule has 2 aromatic carbocycles. The lowest BCUT2D eigenvalue weighted by Gasteiger charge is -2.14. The monoisotopic (exact) mass is 527 g/mol. The predicted molar refractivity (Wildman–Crippen MR) is 123 cm³/mol. The van der Waals surface area contributed by atoms with Crippen LogP contribution in [0.3, 0.4) is 0 Å². The molecule has 2 aromatic heterocycles. The first-order valence-corrected chi connectivity index (χ1v) is 11.6. The second-order valence-electron chi connectivity index (χ2n) is 7.37. The molecular formula is C21H20F3N5O6S. The third-order valence-electron chi connectivity index (χ3n) is 4.96. The fourth-order valence-electron chi connectivity index (χ4n) is 3.44. The summed E-state index contributed by atoms with van der Waals surface area (Å²) in [5.74, 6) is 0.317. The van der Waals surface area contributed by atoms with E-state index < -0.39 is 22.6 Å². The van der Waals surface area contributed by atoms with Crippen molar-refractivity contribution in [3.05, 3.63) is 42.1 Å². The number of H-pyrrole nitrogens is 1. The topological polar surface area (TPSA) is 141 Å². The molecule has 15 heteroatoms. The molecule has 0 spiro atoms. The van der Waals surface area contributed by atoms with Crippen LogP contribution in [0.4, 0.5) is 30.5 Å². The van der Waals surface area contributed by atoms with Crippen LogP contribution in [0.25, 0.3) is 11.0 Å². The average molecular weight is 527 g/mol. The highest BCUT2D eigenvalue weighted by atomic mass is 32.2. The summed E-state index contributed by atoms with van der Waals surface area (Å²) in [7, 11) is -0.225. The minimum Gasteiger partial charge on any atom is -0.495 e. The molecule has 0 aliphatic carbocycles. The van der Waals surface area contributed by atoms with E-state index in [9.17, 15) is 21.6 Å². The summed E-state index contributed by atoms with van der Waals surface area (Å²) < 4.78 is 87.5. The maximum Gasteiger partial charge on any atom is 0.394 e. The first kappa shape index (κ1) is 25.0. The van der Waals surface area contributed by atoms with Gasteiger partial charge in [-0.15, -0.1) is 0 Å². The van der Waals surface area contributed by atoms with Crippen LogP contribution in [-0.4, -0.2) is 51.3 Å². The minimum atomic E-state index is -4.39. The summed E-state index contributed by atoms with van der Waals surface area (Å²) in [4.78, 5) is -0.232. The largest absolute Gasteiger partial charge is 0.495 e. The molecule has 0 bridgehead atoms. The fraction of sp³-hybridized carbons (Fsp3) is 0.238. The second kappa shape index (κ2) is 9.49. The zero-order valence-electron chi connectivity index (χ0n) is 19.1. The van der Waals surface area contributed by atoms with E-state index in [-0.39, 0.29) is 50.4 Å². The van der Waals surface area contributed by atoms with Gasteiger partial charge in [0.1, 0.15) is 17.2 Å². The molecule has 3 N–H and O–H groups in total. The van der Waals surface area contributed by atoms with Gasteiger partial charge >= 0.3 is 6.18 Å². The molecule has 0 atom stereocenters. The standard InChI is InChI=1S/C21H20F3N5O6S/c1-32-14-5-4-6-15(33-2)19(14)36(30,31)29-20-12-8-17(34-3)13(9-16(12)35-28-20)25-18-7-11(26-27-18)10-21(22,23)24/h4-9H,10H2,1-3H3,(H,28,29)(H2,25,26,27). The number of aromatic amines is 1. The molecule has 192 valence electrons. The Morgan fingerprint density at radius 2 is 1.69 bits per heavy atom. The number of methoxy groups -OCH3 is 3. The average Bonchev–Trinajstić information content (AvgIpc) is 3.42. The smallest absolute Gasteiger partial charge is 0.394 e. The fourth-order valence-corrected chi connectivity index (χ4v) is 4.77. The molecular weight excluding hydrogens is 507 g/mol. The van der Waals surface area contributed by atoms with E-state index in [4.69, 9.17) is 18.7 Å². The zero-order valence-corrected chi connectivity index (χ0v) is 19.9. The van der Waals surface area contributed by atoms with Crippen molar-refractivity contribution >= 4 is 38.3 Å². The molecule has 0 saturated heterocycles. The van der Waals surface area contributed by atoms with Gasteiger partial charge in [-0.2, -0.15) is 18.3 Å². The molecule has 36 heavy (non-hydrogen) atoms. The summed E-state index contributed by atoms with van der Waals surface area (Å²) in [5, 5.41) is 13.0. The van der Waals surface area contributed by atoms with E-state index in [0.29, 0.717) is 5.69 Å². The Bertz CT molecular complexity index is 1480. The van der Waals surface area contributed by atoms with E-state index in [1.165, 1.54) is 51.7 Å². The highest BCUT2D eigenvalue weighted by molar-refractivity contribution is 7.93. The molecule has 0 unspecified atom stereocenters. The summed E-state index contributed by atoms with van der Waals surface area (Å²) in [6.07, 6.45) is -5.56. The van der Waals surface area contributed by atoms with Crippen LogP contribution < -0.4 is 24.2 Å². The molecule has 4 rings (SSSR count). The summed E-state index contributed by atoms with van der Waals surface area (Å²) in [6, 6.07) is 8.61. The molecule has 0 amide bonds. The normalized spacial score (nSPS) is 11.9. The van der Waals surface area contributed by atoms with E-state index in [2.05, 4.69) is 25.4 Å². The quantitative estimate of drug-likeness (QED) is 0.292. The lowest BCUT2D eigenvalue weighted by atomic mass is 10.2. The van der Waals surface area contributed by atoms with Gasteiger partial charge in [0.2, 0.25) is 0 Å². The SMILES string of the molecule is COc1cc2c(NS(=O)(=O)c3c(OC)cccc3OC)noc2cc1Nc1cc(CC(F)(F)F)[nH]n1. The number of aromatic nitrogens is 3. The number of ether oxygens (including phenoxy) is 3. The number of nitrogens with zero attached hydrogens (tertiary/aromatic N) is 2.